The van der Waals surface area contributed by atoms with Gasteiger partial charge in [-0.1, -0.05) is 0 Å². The van der Waals surface area contributed by atoms with Crippen LogP contribution in [0.4, 0.5) is 0 Å². The van der Waals surface area contributed by atoms with Gasteiger partial charge in [-0.2, -0.15) is 0 Å². The fourth-order valence-corrected chi connectivity index (χ4v) is 4.09. The predicted octanol–water partition coefficient (Wildman–Crippen LogP) is 3.03. The number of aryl methyl sites for hydroxylation is 1. The molecule has 3 fully saturated rings. The van der Waals surface area contributed by atoms with Crippen molar-refractivity contribution in [2.24, 2.45) is 11.3 Å². The number of carbonyl (C=O) groups is 1. The van der Waals surface area contributed by atoms with E-state index in [4.69, 9.17) is 13.9 Å². The van der Waals surface area contributed by atoms with E-state index in [1.807, 2.05) is 17.9 Å². The summed E-state index contributed by atoms with van der Waals surface area (Å²) < 4.78 is 17.6. The zero-order valence-corrected chi connectivity index (χ0v) is 14.5. The number of ether oxygens (including phenoxy) is 2. The van der Waals surface area contributed by atoms with E-state index in [1.165, 1.54) is 12.8 Å². The molecule has 4 rings (SSSR count). The second-order valence-corrected chi connectivity index (χ2v) is 7.71. The molecule has 1 amide bonds. The van der Waals surface area contributed by atoms with Crippen molar-refractivity contribution in [1.29, 1.82) is 0 Å². The molecular formula is C19H27NO4. The van der Waals surface area contributed by atoms with Crippen molar-refractivity contribution in [2.75, 3.05) is 32.9 Å². The van der Waals surface area contributed by atoms with Crippen LogP contribution in [0.2, 0.25) is 0 Å². The van der Waals surface area contributed by atoms with Gasteiger partial charge in [-0.15, -0.1) is 0 Å². The third-order valence-corrected chi connectivity index (χ3v) is 5.67. The Hall–Kier alpha value is -1.33. The number of fused-ring (bicyclic) bond motifs is 1. The highest BCUT2D eigenvalue weighted by Crippen LogP contribution is 2.41. The number of hydrogen-bond acceptors (Lipinski definition) is 4. The molecule has 5 nitrogen and oxygen atoms in total. The Bertz CT molecular complexity index is 594. The van der Waals surface area contributed by atoms with E-state index in [9.17, 15) is 4.79 Å². The average molecular weight is 333 g/mol. The molecule has 1 aromatic rings. The van der Waals surface area contributed by atoms with Gasteiger partial charge in [0.1, 0.15) is 5.76 Å². The van der Waals surface area contributed by atoms with E-state index < -0.39 is 0 Å². The summed E-state index contributed by atoms with van der Waals surface area (Å²) in [6, 6.07) is 3.62. The molecule has 0 bridgehead atoms. The van der Waals surface area contributed by atoms with Crippen LogP contribution in [-0.4, -0.2) is 49.8 Å². The topological polar surface area (TPSA) is 51.9 Å². The van der Waals surface area contributed by atoms with E-state index in [2.05, 4.69) is 0 Å². The Labute approximate surface area is 143 Å². The van der Waals surface area contributed by atoms with Gasteiger partial charge >= 0.3 is 0 Å². The van der Waals surface area contributed by atoms with Crippen LogP contribution in [-0.2, 0) is 9.47 Å². The van der Waals surface area contributed by atoms with Gasteiger partial charge in [-0.25, -0.2) is 0 Å². The van der Waals surface area contributed by atoms with Crippen LogP contribution >= 0.6 is 0 Å². The standard InChI is InChI=1S/C19H27NO4/c1-14-3-6-16(24-14)18(21)20-9-7-17-19(12-20,8-2-10-23-17)13-22-11-15-4-5-15/h3,6,15,17H,2,4-5,7-13H2,1H3/t17-,19+/m1/s1. The molecule has 0 spiro atoms. The van der Waals surface area contributed by atoms with Gasteiger partial charge in [-0.05, 0) is 57.1 Å². The first kappa shape index (κ1) is 16.2. The molecule has 24 heavy (non-hydrogen) atoms. The Morgan fingerprint density at radius 1 is 1.38 bits per heavy atom. The van der Waals surface area contributed by atoms with Crippen LogP contribution in [0.3, 0.4) is 0 Å². The zero-order valence-electron chi connectivity index (χ0n) is 14.5. The van der Waals surface area contributed by atoms with Gasteiger partial charge in [0.05, 0.1) is 12.7 Å². The highest BCUT2D eigenvalue weighted by molar-refractivity contribution is 5.91. The van der Waals surface area contributed by atoms with E-state index in [1.54, 1.807) is 6.07 Å². The lowest BCUT2D eigenvalue weighted by molar-refractivity contribution is -0.147. The molecule has 0 N–H and O–H groups in total. The second kappa shape index (κ2) is 6.52. The number of piperidine rings is 1. The van der Waals surface area contributed by atoms with Crippen LogP contribution in [0.25, 0.3) is 0 Å². The van der Waals surface area contributed by atoms with Crippen molar-refractivity contribution in [3.05, 3.63) is 23.7 Å². The van der Waals surface area contributed by atoms with Crippen molar-refractivity contribution in [3.63, 3.8) is 0 Å². The first-order chi connectivity index (χ1) is 11.7. The molecular weight excluding hydrogens is 306 g/mol. The lowest BCUT2D eigenvalue weighted by Crippen LogP contribution is -2.58. The number of amides is 1. The Balaban J connectivity index is 1.46. The molecule has 132 valence electrons. The highest BCUT2D eigenvalue weighted by Gasteiger charge is 2.47. The molecule has 2 saturated heterocycles. The lowest BCUT2D eigenvalue weighted by atomic mass is 9.73. The van der Waals surface area contributed by atoms with E-state index in [0.717, 1.165) is 50.7 Å². The summed E-state index contributed by atoms with van der Waals surface area (Å²) >= 11 is 0. The Morgan fingerprint density at radius 3 is 3.00 bits per heavy atom. The molecule has 1 aromatic heterocycles. The minimum absolute atomic E-state index is 0.00584. The SMILES string of the molecule is Cc1ccc(C(=O)N2CC[C@H]3OCCC[C@@]3(COCC3CC3)C2)o1. The van der Waals surface area contributed by atoms with E-state index in [-0.39, 0.29) is 17.4 Å². The normalized spacial score (nSPS) is 30.2. The smallest absolute Gasteiger partial charge is 0.289 e. The predicted molar refractivity (Wildman–Crippen MR) is 88.9 cm³/mol. The summed E-state index contributed by atoms with van der Waals surface area (Å²) in [4.78, 5) is 14.7. The molecule has 2 aliphatic heterocycles. The summed E-state index contributed by atoms with van der Waals surface area (Å²) in [5.74, 6) is 1.97. The van der Waals surface area contributed by atoms with Crippen LogP contribution in [0.5, 0.6) is 0 Å². The van der Waals surface area contributed by atoms with Crippen molar-refractivity contribution in [2.45, 2.75) is 45.1 Å². The molecule has 0 radical (unpaired) electrons. The average Bonchev–Trinajstić information content (AvgIpc) is 3.32. The summed E-state index contributed by atoms with van der Waals surface area (Å²) in [5, 5.41) is 0. The van der Waals surface area contributed by atoms with Crippen LogP contribution in [0, 0.1) is 18.3 Å². The van der Waals surface area contributed by atoms with Crippen LogP contribution < -0.4 is 0 Å². The number of nitrogens with zero attached hydrogens (tertiary/aromatic N) is 1. The third-order valence-electron chi connectivity index (χ3n) is 5.67. The van der Waals surface area contributed by atoms with Crippen molar-refractivity contribution < 1.29 is 18.7 Å². The molecule has 0 aromatic carbocycles. The maximum absolute atomic E-state index is 12.8. The fourth-order valence-electron chi connectivity index (χ4n) is 4.09. The maximum Gasteiger partial charge on any atom is 0.289 e. The monoisotopic (exact) mass is 333 g/mol. The van der Waals surface area contributed by atoms with Crippen molar-refractivity contribution in [3.8, 4) is 0 Å². The van der Waals surface area contributed by atoms with Crippen molar-refractivity contribution >= 4 is 5.91 Å². The zero-order chi connectivity index (χ0) is 16.6. The van der Waals surface area contributed by atoms with Gasteiger partial charge in [0, 0.05) is 31.7 Å². The third kappa shape index (κ3) is 3.24. The fraction of sp³-hybridized carbons (Fsp3) is 0.737. The summed E-state index contributed by atoms with van der Waals surface area (Å²) in [6.07, 6.45) is 5.82. The minimum atomic E-state index is -0.0529. The van der Waals surface area contributed by atoms with Gasteiger partial charge in [0.2, 0.25) is 0 Å². The lowest BCUT2D eigenvalue weighted by Gasteiger charge is -2.50. The molecule has 1 saturated carbocycles. The van der Waals surface area contributed by atoms with Gasteiger partial charge in [-0.3, -0.25) is 4.79 Å². The molecule has 0 unspecified atom stereocenters. The quantitative estimate of drug-likeness (QED) is 0.831. The molecule has 2 atom stereocenters. The summed E-state index contributed by atoms with van der Waals surface area (Å²) in [7, 11) is 0. The molecule has 5 heteroatoms. The number of rotatable bonds is 5. The van der Waals surface area contributed by atoms with E-state index in [0.29, 0.717) is 18.9 Å². The molecule has 1 aliphatic carbocycles. The number of carbonyl (C=O) groups excluding carboxylic acids is 1. The van der Waals surface area contributed by atoms with Gasteiger partial charge in [0.25, 0.3) is 5.91 Å². The highest BCUT2D eigenvalue weighted by atomic mass is 16.5. The number of furan rings is 1. The second-order valence-electron chi connectivity index (χ2n) is 7.71. The number of hydrogen-bond donors (Lipinski definition) is 0. The Morgan fingerprint density at radius 2 is 2.25 bits per heavy atom. The van der Waals surface area contributed by atoms with Crippen LogP contribution in [0.15, 0.2) is 16.5 Å². The Kier molecular flexibility index (Phi) is 4.39. The number of likely N-dealkylation sites (tertiary alicyclic amines) is 1. The van der Waals surface area contributed by atoms with E-state index >= 15 is 0 Å². The van der Waals surface area contributed by atoms with Gasteiger partial charge < -0.3 is 18.8 Å². The molecule has 3 aliphatic rings. The first-order valence-electron chi connectivity index (χ1n) is 9.21. The largest absolute Gasteiger partial charge is 0.456 e. The first-order valence-corrected chi connectivity index (χ1v) is 9.21. The summed E-state index contributed by atoms with van der Waals surface area (Å²) in [6.45, 7) is 5.70. The summed E-state index contributed by atoms with van der Waals surface area (Å²) in [5.41, 5.74) is -0.0529. The maximum atomic E-state index is 12.8. The van der Waals surface area contributed by atoms with Crippen molar-refractivity contribution in [1.82, 2.24) is 4.90 Å². The minimum Gasteiger partial charge on any atom is -0.456 e. The molecule has 3 heterocycles. The van der Waals surface area contributed by atoms with Crippen LogP contribution in [0.1, 0.15) is 48.4 Å². The van der Waals surface area contributed by atoms with Gasteiger partial charge in [0.15, 0.2) is 5.76 Å².